The molecule has 90 valence electrons. The summed E-state index contributed by atoms with van der Waals surface area (Å²) < 4.78 is 48.4. The van der Waals surface area contributed by atoms with E-state index >= 15 is 0 Å². The van der Waals surface area contributed by atoms with Crippen LogP contribution in [0.5, 0.6) is 0 Å². The lowest BCUT2D eigenvalue weighted by molar-refractivity contribution is 0.0114. The maximum Gasteiger partial charge on any atom is 0.264 e. The molecule has 0 aliphatic rings. The summed E-state index contributed by atoms with van der Waals surface area (Å²) in [5.41, 5.74) is 5.17. The fourth-order valence-electron chi connectivity index (χ4n) is 1.26. The average molecular weight is 249 g/mol. The van der Waals surface area contributed by atoms with Crippen LogP contribution in [-0.4, -0.2) is 27.1 Å². The van der Waals surface area contributed by atoms with Gasteiger partial charge in [0.05, 0.1) is 11.4 Å². The van der Waals surface area contributed by atoms with Crippen molar-refractivity contribution >= 4 is 9.84 Å². The fraction of sp³-hybridized carbons (Fsp3) is 0.400. The summed E-state index contributed by atoms with van der Waals surface area (Å²) in [6.07, 6.45) is 0.486. The number of sulfone groups is 1. The Labute approximate surface area is 93.2 Å². The van der Waals surface area contributed by atoms with Gasteiger partial charge in [-0.15, -0.1) is 0 Å². The number of halogens is 2. The van der Waals surface area contributed by atoms with E-state index in [4.69, 9.17) is 5.73 Å². The number of benzene rings is 1. The molecule has 0 fully saturated rings. The number of hydrogen-bond donors (Lipinski definition) is 1. The number of alkyl halides is 2. The van der Waals surface area contributed by atoms with Crippen LogP contribution in [0.4, 0.5) is 8.78 Å². The molecular formula is C10H13F2NO2S. The molecule has 0 aliphatic heterocycles. The fourth-order valence-corrected chi connectivity index (χ4v) is 1.95. The van der Waals surface area contributed by atoms with E-state index in [0.717, 1.165) is 6.26 Å². The monoisotopic (exact) mass is 249 g/mol. The summed E-state index contributed by atoms with van der Waals surface area (Å²) in [5, 5.41) is 0. The van der Waals surface area contributed by atoms with Crippen LogP contribution in [0, 0.1) is 0 Å². The second-order valence-electron chi connectivity index (χ2n) is 3.66. The SMILES string of the molecule is CS(=O)(=O)c1cccc(CC(F)(F)CN)c1. The van der Waals surface area contributed by atoms with E-state index in [2.05, 4.69) is 0 Å². The van der Waals surface area contributed by atoms with E-state index < -0.39 is 28.7 Å². The number of hydrogen-bond acceptors (Lipinski definition) is 3. The lowest BCUT2D eigenvalue weighted by Gasteiger charge is -2.13. The lowest BCUT2D eigenvalue weighted by Crippen LogP contribution is -2.30. The Morgan fingerprint density at radius 3 is 2.50 bits per heavy atom. The summed E-state index contributed by atoms with van der Waals surface area (Å²) in [7, 11) is -3.36. The van der Waals surface area contributed by atoms with Gasteiger partial charge < -0.3 is 5.73 Å². The molecule has 0 spiro atoms. The van der Waals surface area contributed by atoms with Gasteiger partial charge in [-0.25, -0.2) is 17.2 Å². The molecule has 0 radical (unpaired) electrons. The zero-order chi connectivity index (χ0) is 12.4. The molecular weight excluding hydrogens is 236 g/mol. The van der Waals surface area contributed by atoms with Crippen LogP contribution in [0.1, 0.15) is 5.56 Å². The third-order valence-electron chi connectivity index (χ3n) is 2.09. The second kappa shape index (κ2) is 4.47. The van der Waals surface area contributed by atoms with E-state index in [-0.39, 0.29) is 10.5 Å². The second-order valence-corrected chi connectivity index (χ2v) is 5.67. The first kappa shape index (κ1) is 13.1. The summed E-state index contributed by atoms with van der Waals surface area (Å²) in [5.74, 6) is -3.00. The first-order chi connectivity index (χ1) is 7.24. The van der Waals surface area contributed by atoms with Crippen molar-refractivity contribution in [2.75, 3.05) is 12.8 Å². The zero-order valence-electron chi connectivity index (χ0n) is 8.78. The first-order valence-corrected chi connectivity index (χ1v) is 6.51. The van der Waals surface area contributed by atoms with Crippen molar-refractivity contribution in [1.29, 1.82) is 0 Å². The Balaban J connectivity index is 3.01. The Kier molecular flexibility index (Phi) is 3.64. The molecule has 0 amide bonds. The van der Waals surface area contributed by atoms with Gasteiger partial charge in [0.2, 0.25) is 0 Å². The van der Waals surface area contributed by atoms with Gasteiger partial charge in [-0.3, -0.25) is 0 Å². The average Bonchev–Trinajstić information content (AvgIpc) is 2.16. The highest BCUT2D eigenvalue weighted by Crippen LogP contribution is 2.20. The minimum absolute atomic E-state index is 0.0396. The number of rotatable bonds is 4. The minimum Gasteiger partial charge on any atom is -0.325 e. The summed E-state index contributed by atoms with van der Waals surface area (Å²) in [4.78, 5) is 0.0396. The van der Waals surface area contributed by atoms with Crippen molar-refractivity contribution in [2.24, 2.45) is 5.73 Å². The maximum atomic E-state index is 13.0. The molecule has 0 saturated heterocycles. The van der Waals surface area contributed by atoms with Crippen molar-refractivity contribution in [3.05, 3.63) is 29.8 Å². The molecule has 0 bridgehead atoms. The summed E-state index contributed by atoms with van der Waals surface area (Å²) in [6, 6.07) is 5.52. The quantitative estimate of drug-likeness (QED) is 0.873. The molecule has 2 N–H and O–H groups in total. The summed E-state index contributed by atoms with van der Waals surface area (Å²) in [6.45, 7) is -0.754. The first-order valence-electron chi connectivity index (χ1n) is 4.61. The minimum atomic E-state index is -3.36. The standard InChI is InChI=1S/C10H13F2NO2S/c1-16(14,15)9-4-2-3-8(5-9)6-10(11,12)7-13/h2-5H,6-7,13H2,1H3. The molecule has 6 heteroatoms. The Hall–Kier alpha value is -1.01. The van der Waals surface area contributed by atoms with E-state index in [9.17, 15) is 17.2 Å². The third kappa shape index (κ3) is 3.53. The van der Waals surface area contributed by atoms with E-state index in [1.807, 2.05) is 0 Å². The van der Waals surface area contributed by atoms with Crippen LogP contribution in [0.3, 0.4) is 0 Å². The Morgan fingerprint density at radius 1 is 1.38 bits per heavy atom. The van der Waals surface area contributed by atoms with Crippen LogP contribution in [-0.2, 0) is 16.3 Å². The van der Waals surface area contributed by atoms with Crippen LogP contribution in [0.25, 0.3) is 0 Å². The number of nitrogens with two attached hydrogens (primary N) is 1. The Morgan fingerprint density at radius 2 is 2.00 bits per heavy atom. The van der Waals surface area contributed by atoms with Gasteiger partial charge in [-0.05, 0) is 17.7 Å². The molecule has 0 saturated carbocycles. The van der Waals surface area contributed by atoms with E-state index in [1.54, 1.807) is 0 Å². The predicted molar refractivity (Wildman–Crippen MR) is 57.3 cm³/mol. The highest BCUT2D eigenvalue weighted by atomic mass is 32.2. The van der Waals surface area contributed by atoms with Gasteiger partial charge in [0.25, 0.3) is 5.92 Å². The topological polar surface area (TPSA) is 60.2 Å². The zero-order valence-corrected chi connectivity index (χ0v) is 9.60. The predicted octanol–water partition coefficient (Wildman–Crippen LogP) is 1.23. The molecule has 1 aromatic carbocycles. The van der Waals surface area contributed by atoms with Crippen LogP contribution >= 0.6 is 0 Å². The maximum absolute atomic E-state index is 13.0. The van der Waals surface area contributed by atoms with Crippen molar-refractivity contribution in [2.45, 2.75) is 17.2 Å². The smallest absolute Gasteiger partial charge is 0.264 e. The molecule has 0 unspecified atom stereocenters. The van der Waals surface area contributed by atoms with Gasteiger partial charge in [0.1, 0.15) is 0 Å². The molecule has 1 aromatic rings. The van der Waals surface area contributed by atoms with E-state index in [0.29, 0.717) is 0 Å². The van der Waals surface area contributed by atoms with Gasteiger partial charge in [-0.1, -0.05) is 12.1 Å². The molecule has 1 rings (SSSR count). The highest BCUT2D eigenvalue weighted by molar-refractivity contribution is 7.90. The van der Waals surface area contributed by atoms with Gasteiger partial charge in [-0.2, -0.15) is 0 Å². The molecule has 0 heterocycles. The molecule has 16 heavy (non-hydrogen) atoms. The summed E-state index contributed by atoms with van der Waals surface area (Å²) >= 11 is 0. The van der Waals surface area contributed by atoms with Gasteiger partial charge >= 0.3 is 0 Å². The van der Waals surface area contributed by atoms with Crippen molar-refractivity contribution in [3.8, 4) is 0 Å². The van der Waals surface area contributed by atoms with E-state index in [1.165, 1.54) is 24.3 Å². The lowest BCUT2D eigenvalue weighted by atomic mass is 10.1. The van der Waals surface area contributed by atoms with Crippen molar-refractivity contribution in [1.82, 2.24) is 0 Å². The van der Waals surface area contributed by atoms with Gasteiger partial charge in [0, 0.05) is 12.7 Å². The molecule has 0 aliphatic carbocycles. The van der Waals surface area contributed by atoms with Crippen LogP contribution in [0.2, 0.25) is 0 Å². The molecule has 3 nitrogen and oxygen atoms in total. The van der Waals surface area contributed by atoms with Gasteiger partial charge in [0.15, 0.2) is 9.84 Å². The Bertz CT molecular complexity index is 471. The van der Waals surface area contributed by atoms with Crippen LogP contribution < -0.4 is 5.73 Å². The molecule has 0 atom stereocenters. The normalized spacial score (nSPS) is 12.8. The van der Waals surface area contributed by atoms with Crippen molar-refractivity contribution < 1.29 is 17.2 Å². The largest absolute Gasteiger partial charge is 0.325 e. The highest BCUT2D eigenvalue weighted by Gasteiger charge is 2.27. The van der Waals surface area contributed by atoms with Crippen LogP contribution in [0.15, 0.2) is 29.2 Å². The molecule has 0 aromatic heterocycles. The third-order valence-corrected chi connectivity index (χ3v) is 3.20. The van der Waals surface area contributed by atoms with Crippen molar-refractivity contribution in [3.63, 3.8) is 0 Å².